The third kappa shape index (κ3) is 5.42. The summed E-state index contributed by atoms with van der Waals surface area (Å²) in [5.41, 5.74) is -2.90. The minimum absolute atomic E-state index is 0.00915. The Morgan fingerprint density at radius 3 is 2.47 bits per heavy atom. The second kappa shape index (κ2) is 9.14. The number of halogens is 6. The highest BCUT2D eigenvalue weighted by Crippen LogP contribution is 2.37. The van der Waals surface area contributed by atoms with Gasteiger partial charge in [-0.3, -0.25) is 4.79 Å². The maximum Gasteiger partial charge on any atom is 0.435 e. The molecule has 0 saturated carbocycles. The number of carbonyl (C=O) groups is 1. The van der Waals surface area contributed by atoms with Crippen LogP contribution in [0.4, 0.5) is 27.6 Å². The van der Waals surface area contributed by atoms with Gasteiger partial charge in [0, 0.05) is 29.0 Å². The number of benzene rings is 2. The van der Waals surface area contributed by atoms with Gasteiger partial charge >= 0.3 is 6.18 Å². The molecule has 3 rings (SSSR count). The molecule has 0 spiro atoms. The van der Waals surface area contributed by atoms with Crippen molar-refractivity contribution < 1.29 is 35.7 Å². The van der Waals surface area contributed by atoms with E-state index in [1.54, 1.807) is 0 Å². The summed E-state index contributed by atoms with van der Waals surface area (Å²) in [4.78, 5) is 13.0. The zero-order chi connectivity index (χ0) is 25.4. The fourth-order valence-electron chi connectivity index (χ4n) is 2.83. The Labute approximate surface area is 194 Å². The first-order chi connectivity index (χ1) is 15.7. The number of aromatic nitrogens is 2. The Kier molecular flexibility index (Phi) is 6.80. The van der Waals surface area contributed by atoms with E-state index in [1.807, 2.05) is 0 Å². The van der Waals surface area contributed by atoms with Crippen LogP contribution in [0.3, 0.4) is 0 Å². The Bertz CT molecular complexity index is 1400. The van der Waals surface area contributed by atoms with Crippen LogP contribution in [0.25, 0.3) is 0 Å². The zero-order valence-corrected chi connectivity index (χ0v) is 18.8. The molecule has 1 atom stereocenters. The number of nitrogens with zero attached hydrogens (tertiary/aromatic N) is 2. The van der Waals surface area contributed by atoms with Crippen molar-refractivity contribution in [3.8, 4) is 11.6 Å². The highest BCUT2D eigenvalue weighted by molar-refractivity contribution is 7.91. The van der Waals surface area contributed by atoms with Crippen molar-refractivity contribution >= 4 is 32.9 Å². The summed E-state index contributed by atoms with van der Waals surface area (Å²) in [7, 11) is -3.15. The summed E-state index contributed by atoms with van der Waals surface area (Å²) < 4.78 is 92.3. The molecule has 2 aromatic carbocycles. The van der Waals surface area contributed by atoms with Crippen LogP contribution in [-0.2, 0) is 15.9 Å². The van der Waals surface area contributed by atoms with E-state index in [9.17, 15) is 31.0 Å². The molecule has 1 aromatic heterocycles. The molecule has 0 saturated heterocycles. The standard InChI is InChI=1S/C20H14ClF5N4O3S/c1-9-15(18(31)28-11-4-3-5-12(8-11)34(2,27)32)19(30-29-17(9)20(24,25)26)33-14-7-10(22)6-13(23)16(14)21/h3-8,27H,1-2H3,(H,28,31). The molecule has 14 heteroatoms. The molecule has 0 fully saturated rings. The molecular weight excluding hydrogens is 507 g/mol. The molecule has 0 radical (unpaired) electrons. The smallest absolute Gasteiger partial charge is 0.435 e. The van der Waals surface area contributed by atoms with Crippen LogP contribution >= 0.6 is 11.6 Å². The number of carbonyl (C=O) groups excluding carboxylic acids is 1. The van der Waals surface area contributed by atoms with E-state index in [0.717, 1.165) is 13.2 Å². The fourth-order valence-corrected chi connectivity index (χ4v) is 3.67. The molecule has 0 aliphatic rings. The van der Waals surface area contributed by atoms with Crippen LogP contribution in [0.2, 0.25) is 5.02 Å². The number of nitrogens with one attached hydrogen (secondary N) is 2. The molecule has 1 unspecified atom stereocenters. The number of hydrogen-bond acceptors (Lipinski definition) is 6. The van der Waals surface area contributed by atoms with E-state index in [-0.39, 0.29) is 10.6 Å². The summed E-state index contributed by atoms with van der Waals surface area (Å²) in [6.07, 6.45) is -3.83. The summed E-state index contributed by atoms with van der Waals surface area (Å²) in [6.45, 7) is 0.937. The second-order valence-electron chi connectivity index (χ2n) is 6.98. The summed E-state index contributed by atoms with van der Waals surface area (Å²) >= 11 is 5.74. The number of alkyl halides is 3. The molecule has 2 N–H and O–H groups in total. The molecule has 3 aromatic rings. The Balaban J connectivity index is 2.11. The summed E-state index contributed by atoms with van der Waals surface area (Å²) in [6, 6.07) is 6.42. The maximum atomic E-state index is 13.8. The molecule has 0 aliphatic carbocycles. The largest absolute Gasteiger partial charge is 0.435 e. The molecule has 7 nitrogen and oxygen atoms in total. The number of ether oxygens (including phenoxy) is 1. The molecule has 34 heavy (non-hydrogen) atoms. The normalized spacial score (nSPS) is 13.3. The monoisotopic (exact) mass is 520 g/mol. The van der Waals surface area contributed by atoms with Gasteiger partial charge < -0.3 is 10.1 Å². The lowest BCUT2D eigenvalue weighted by atomic mass is 10.1. The van der Waals surface area contributed by atoms with Gasteiger partial charge in [-0.05, 0) is 30.7 Å². The third-order valence-electron chi connectivity index (χ3n) is 4.39. The van der Waals surface area contributed by atoms with E-state index >= 15 is 0 Å². The van der Waals surface area contributed by atoms with Crippen molar-refractivity contribution in [1.82, 2.24) is 10.2 Å². The van der Waals surface area contributed by atoms with Crippen LogP contribution in [0, 0.1) is 23.3 Å². The van der Waals surface area contributed by atoms with Crippen molar-refractivity contribution in [1.29, 1.82) is 4.78 Å². The van der Waals surface area contributed by atoms with E-state index in [1.165, 1.54) is 24.3 Å². The minimum atomic E-state index is -4.98. The van der Waals surface area contributed by atoms with Crippen LogP contribution < -0.4 is 10.1 Å². The Morgan fingerprint density at radius 2 is 1.85 bits per heavy atom. The predicted octanol–water partition coefficient (Wildman–Crippen LogP) is 5.82. The first-order valence-corrected chi connectivity index (χ1v) is 11.4. The molecule has 1 amide bonds. The van der Waals surface area contributed by atoms with Gasteiger partial charge in [0.2, 0.25) is 0 Å². The van der Waals surface area contributed by atoms with Crippen molar-refractivity contribution in [2.24, 2.45) is 0 Å². The van der Waals surface area contributed by atoms with Crippen LogP contribution in [0.15, 0.2) is 41.3 Å². The van der Waals surface area contributed by atoms with Gasteiger partial charge in [-0.15, -0.1) is 10.2 Å². The van der Waals surface area contributed by atoms with Crippen molar-refractivity contribution in [2.45, 2.75) is 18.0 Å². The van der Waals surface area contributed by atoms with Crippen LogP contribution in [0.1, 0.15) is 21.6 Å². The summed E-state index contributed by atoms with van der Waals surface area (Å²) in [5, 5.41) is 7.94. The molecule has 1 heterocycles. The van der Waals surface area contributed by atoms with Gasteiger partial charge in [-0.2, -0.15) is 13.2 Å². The van der Waals surface area contributed by atoms with Crippen LogP contribution in [0.5, 0.6) is 11.6 Å². The van der Waals surface area contributed by atoms with E-state index in [4.69, 9.17) is 21.1 Å². The number of anilines is 1. The lowest BCUT2D eigenvalue weighted by Gasteiger charge is -2.16. The Hall–Kier alpha value is -3.32. The van der Waals surface area contributed by atoms with Gasteiger partial charge in [0.05, 0.1) is 9.73 Å². The molecule has 0 bridgehead atoms. The zero-order valence-electron chi connectivity index (χ0n) is 17.3. The van der Waals surface area contributed by atoms with E-state index in [2.05, 4.69) is 15.5 Å². The highest BCUT2D eigenvalue weighted by atomic mass is 35.5. The lowest BCUT2D eigenvalue weighted by Crippen LogP contribution is -2.21. The van der Waals surface area contributed by atoms with Gasteiger partial charge in [0.25, 0.3) is 11.8 Å². The van der Waals surface area contributed by atoms with Crippen molar-refractivity contribution in [3.63, 3.8) is 0 Å². The van der Waals surface area contributed by atoms with Crippen molar-refractivity contribution in [3.05, 3.63) is 69.9 Å². The first-order valence-electron chi connectivity index (χ1n) is 9.10. The van der Waals surface area contributed by atoms with Gasteiger partial charge in [-0.25, -0.2) is 17.8 Å². The van der Waals surface area contributed by atoms with Gasteiger partial charge in [-0.1, -0.05) is 17.7 Å². The Morgan fingerprint density at radius 1 is 1.18 bits per heavy atom. The fraction of sp³-hybridized carbons (Fsp3) is 0.150. The van der Waals surface area contributed by atoms with E-state index < -0.39 is 66.9 Å². The second-order valence-corrected chi connectivity index (χ2v) is 9.52. The highest BCUT2D eigenvalue weighted by Gasteiger charge is 2.38. The minimum Gasteiger partial charge on any atom is -0.435 e. The topological polar surface area (TPSA) is 105 Å². The molecule has 180 valence electrons. The van der Waals surface area contributed by atoms with Crippen LogP contribution in [-0.4, -0.2) is 26.6 Å². The lowest BCUT2D eigenvalue weighted by molar-refractivity contribution is -0.142. The van der Waals surface area contributed by atoms with Gasteiger partial charge in [0.1, 0.15) is 22.2 Å². The third-order valence-corrected chi connectivity index (χ3v) is 5.91. The maximum absolute atomic E-state index is 13.8. The average Bonchev–Trinajstić information content (AvgIpc) is 2.70. The quantitative estimate of drug-likeness (QED) is 0.326. The predicted molar refractivity (Wildman–Crippen MR) is 113 cm³/mol. The number of rotatable bonds is 5. The molecule has 0 aliphatic heterocycles. The molecular formula is C20H14ClF5N4O3S. The van der Waals surface area contributed by atoms with Crippen molar-refractivity contribution in [2.75, 3.05) is 11.6 Å². The number of hydrogen-bond donors (Lipinski definition) is 2. The average molecular weight is 521 g/mol. The number of amides is 1. The SMILES string of the molecule is Cc1c(C(F)(F)F)nnc(Oc2cc(F)cc(F)c2Cl)c1C(=O)Nc1cccc(S(C)(=N)=O)c1. The first kappa shape index (κ1) is 25.3. The van der Waals surface area contributed by atoms with Gasteiger partial charge in [0.15, 0.2) is 11.4 Å². The summed E-state index contributed by atoms with van der Waals surface area (Å²) in [5.74, 6) is -4.91. The van der Waals surface area contributed by atoms with E-state index in [0.29, 0.717) is 12.1 Å².